The fourth-order valence-electron chi connectivity index (χ4n) is 2.81. The molecule has 2 aromatic carbocycles. The van der Waals surface area contributed by atoms with Gasteiger partial charge >= 0.3 is 0 Å². The van der Waals surface area contributed by atoms with Crippen LogP contribution >= 0.6 is 23.4 Å². The normalized spacial score (nSPS) is 20.0. The smallest absolute Gasteiger partial charge is 0.251 e. The Kier molecular flexibility index (Phi) is 5.35. The number of aliphatic imine (C=N–C) groups is 1. The fourth-order valence-corrected chi connectivity index (χ4v) is 3.99. The predicted molar refractivity (Wildman–Crippen MR) is 105 cm³/mol. The van der Waals surface area contributed by atoms with Crippen molar-refractivity contribution in [1.82, 2.24) is 5.32 Å². The molecule has 0 saturated carbocycles. The summed E-state index contributed by atoms with van der Waals surface area (Å²) in [6.07, 6.45) is 0.929. The van der Waals surface area contributed by atoms with Gasteiger partial charge in [0.2, 0.25) is 0 Å². The number of thioether (sulfide) groups is 1. The summed E-state index contributed by atoms with van der Waals surface area (Å²) < 4.78 is 0. The molecular weight excluding hydrogens is 354 g/mol. The quantitative estimate of drug-likeness (QED) is 0.853. The zero-order valence-corrected chi connectivity index (χ0v) is 15.5. The minimum atomic E-state index is -0.314. The summed E-state index contributed by atoms with van der Waals surface area (Å²) in [5, 5.41) is 4.19. The summed E-state index contributed by atoms with van der Waals surface area (Å²) in [6.45, 7) is 2.52. The summed E-state index contributed by atoms with van der Waals surface area (Å²) in [4.78, 5) is 16.9. The molecule has 130 valence electrons. The number of benzene rings is 2. The molecule has 6 heteroatoms. The molecule has 0 spiro atoms. The number of amidine groups is 1. The highest BCUT2D eigenvalue weighted by molar-refractivity contribution is 8.13. The van der Waals surface area contributed by atoms with Crippen molar-refractivity contribution in [2.75, 3.05) is 5.75 Å². The first-order valence-electron chi connectivity index (χ1n) is 8.08. The molecule has 25 heavy (non-hydrogen) atoms. The number of carbonyl (C=O) groups is 1. The van der Waals surface area contributed by atoms with Gasteiger partial charge in [-0.15, -0.1) is 0 Å². The van der Waals surface area contributed by atoms with E-state index in [1.165, 1.54) is 0 Å². The molecule has 0 saturated heterocycles. The minimum absolute atomic E-state index is 0.112. The van der Waals surface area contributed by atoms with Gasteiger partial charge in [-0.05, 0) is 48.7 Å². The lowest BCUT2D eigenvalue weighted by molar-refractivity contribution is 0.0951. The molecule has 1 aliphatic rings. The molecule has 3 rings (SSSR count). The number of hydrogen-bond donors (Lipinski definition) is 2. The molecule has 1 amide bonds. The third kappa shape index (κ3) is 4.35. The Bertz CT molecular complexity index is 807. The molecule has 1 atom stereocenters. The Balaban J connectivity index is 1.67. The maximum absolute atomic E-state index is 12.3. The number of halogens is 1. The monoisotopic (exact) mass is 373 g/mol. The standard InChI is InChI=1S/C19H20ClN3OS/c1-19(9-10-25-18(21)23-19)15-7-5-14(6-8-15)17(24)22-12-13-3-2-4-16(20)11-13/h2-8,11H,9-10,12H2,1H3,(H2,21,23)(H,22,24). The van der Waals surface area contributed by atoms with Gasteiger partial charge < -0.3 is 11.1 Å². The Morgan fingerprint density at radius 1 is 1.32 bits per heavy atom. The van der Waals surface area contributed by atoms with Crippen molar-refractivity contribution in [3.63, 3.8) is 0 Å². The highest BCUT2D eigenvalue weighted by Gasteiger charge is 2.29. The van der Waals surface area contributed by atoms with Gasteiger partial charge in [0.15, 0.2) is 5.17 Å². The van der Waals surface area contributed by atoms with Crippen LogP contribution in [0.3, 0.4) is 0 Å². The molecule has 1 heterocycles. The van der Waals surface area contributed by atoms with Gasteiger partial charge in [0.05, 0.1) is 5.54 Å². The number of nitrogens with two attached hydrogens (primary N) is 1. The molecule has 4 nitrogen and oxygen atoms in total. The molecular formula is C19H20ClN3OS. The average Bonchev–Trinajstić information content (AvgIpc) is 2.60. The number of nitrogens with one attached hydrogen (secondary N) is 1. The number of amides is 1. The first-order chi connectivity index (χ1) is 12.0. The van der Waals surface area contributed by atoms with Gasteiger partial charge in [0, 0.05) is 22.9 Å². The van der Waals surface area contributed by atoms with Crippen LogP contribution in [0.4, 0.5) is 0 Å². The average molecular weight is 374 g/mol. The van der Waals surface area contributed by atoms with Crippen LogP contribution in [0.5, 0.6) is 0 Å². The van der Waals surface area contributed by atoms with E-state index in [0.717, 1.165) is 23.3 Å². The van der Waals surface area contributed by atoms with E-state index in [4.69, 9.17) is 17.3 Å². The number of rotatable bonds is 4. The first-order valence-corrected chi connectivity index (χ1v) is 9.44. The van der Waals surface area contributed by atoms with Crippen LogP contribution in [0.2, 0.25) is 5.02 Å². The largest absolute Gasteiger partial charge is 0.379 e. The molecule has 0 radical (unpaired) electrons. The van der Waals surface area contributed by atoms with Crippen molar-refractivity contribution < 1.29 is 4.79 Å². The van der Waals surface area contributed by atoms with Gasteiger partial charge in [0.1, 0.15) is 0 Å². The van der Waals surface area contributed by atoms with Crippen LogP contribution in [0, 0.1) is 0 Å². The van der Waals surface area contributed by atoms with E-state index >= 15 is 0 Å². The number of hydrogen-bond acceptors (Lipinski definition) is 4. The molecule has 0 fully saturated rings. The number of nitrogens with zero attached hydrogens (tertiary/aromatic N) is 1. The van der Waals surface area contributed by atoms with E-state index in [2.05, 4.69) is 17.2 Å². The first kappa shape index (κ1) is 17.8. The molecule has 0 aromatic heterocycles. The molecule has 1 aliphatic heterocycles. The molecule has 3 N–H and O–H groups in total. The summed E-state index contributed by atoms with van der Waals surface area (Å²) in [7, 11) is 0. The Morgan fingerprint density at radius 2 is 2.08 bits per heavy atom. The van der Waals surface area contributed by atoms with Crippen LogP contribution < -0.4 is 11.1 Å². The lowest BCUT2D eigenvalue weighted by Gasteiger charge is -2.29. The third-order valence-corrected chi connectivity index (χ3v) is 5.34. The van der Waals surface area contributed by atoms with Crippen molar-refractivity contribution >= 4 is 34.4 Å². The predicted octanol–water partition coefficient (Wildman–Crippen LogP) is 3.94. The van der Waals surface area contributed by atoms with E-state index in [1.54, 1.807) is 11.8 Å². The summed E-state index contributed by atoms with van der Waals surface area (Å²) in [5.74, 6) is 0.840. The van der Waals surface area contributed by atoms with Crippen LogP contribution in [-0.2, 0) is 12.1 Å². The Labute approximate surface area is 156 Å². The van der Waals surface area contributed by atoms with Crippen molar-refractivity contribution in [3.8, 4) is 0 Å². The van der Waals surface area contributed by atoms with E-state index in [1.807, 2.05) is 48.5 Å². The van der Waals surface area contributed by atoms with Gasteiger partial charge in [-0.1, -0.05) is 47.6 Å². The second-order valence-electron chi connectivity index (χ2n) is 6.21. The van der Waals surface area contributed by atoms with Crippen LogP contribution in [-0.4, -0.2) is 16.8 Å². The highest BCUT2D eigenvalue weighted by atomic mass is 35.5. The van der Waals surface area contributed by atoms with Crippen LogP contribution in [0.25, 0.3) is 0 Å². The van der Waals surface area contributed by atoms with Gasteiger partial charge in [-0.25, -0.2) is 0 Å². The van der Waals surface area contributed by atoms with Crippen molar-refractivity contribution in [2.45, 2.75) is 25.4 Å². The zero-order valence-electron chi connectivity index (χ0n) is 14.0. The lowest BCUT2D eigenvalue weighted by atomic mass is 9.89. The fraction of sp³-hybridized carbons (Fsp3) is 0.263. The Morgan fingerprint density at radius 3 is 2.76 bits per heavy atom. The topological polar surface area (TPSA) is 67.5 Å². The van der Waals surface area contributed by atoms with E-state index in [9.17, 15) is 4.79 Å². The van der Waals surface area contributed by atoms with Gasteiger partial charge in [0.25, 0.3) is 5.91 Å². The molecule has 2 aromatic rings. The maximum atomic E-state index is 12.3. The van der Waals surface area contributed by atoms with E-state index in [-0.39, 0.29) is 11.4 Å². The maximum Gasteiger partial charge on any atom is 0.251 e. The van der Waals surface area contributed by atoms with Gasteiger partial charge in [-0.3, -0.25) is 9.79 Å². The second kappa shape index (κ2) is 7.50. The summed E-state index contributed by atoms with van der Waals surface area (Å²) >= 11 is 7.54. The molecule has 0 bridgehead atoms. The summed E-state index contributed by atoms with van der Waals surface area (Å²) in [6, 6.07) is 15.0. The third-order valence-electron chi connectivity index (χ3n) is 4.31. The van der Waals surface area contributed by atoms with Crippen LogP contribution in [0.1, 0.15) is 34.8 Å². The Hall–Kier alpha value is -1.98. The van der Waals surface area contributed by atoms with E-state index < -0.39 is 0 Å². The lowest BCUT2D eigenvalue weighted by Crippen LogP contribution is -2.29. The van der Waals surface area contributed by atoms with Crippen molar-refractivity contribution in [3.05, 3.63) is 70.2 Å². The zero-order chi connectivity index (χ0) is 17.9. The van der Waals surface area contributed by atoms with Crippen molar-refractivity contribution in [1.29, 1.82) is 0 Å². The SMILES string of the molecule is CC1(c2ccc(C(=O)NCc3cccc(Cl)c3)cc2)CCSC(N)=N1. The number of carbonyl (C=O) groups excluding carboxylic acids is 1. The summed E-state index contributed by atoms with van der Waals surface area (Å²) in [5.41, 5.74) is 8.22. The van der Waals surface area contributed by atoms with Crippen molar-refractivity contribution in [2.24, 2.45) is 10.7 Å². The van der Waals surface area contributed by atoms with Crippen LogP contribution in [0.15, 0.2) is 53.5 Å². The second-order valence-corrected chi connectivity index (χ2v) is 7.76. The molecule has 1 unspecified atom stereocenters. The van der Waals surface area contributed by atoms with Gasteiger partial charge in [-0.2, -0.15) is 0 Å². The highest BCUT2D eigenvalue weighted by Crippen LogP contribution is 2.34. The minimum Gasteiger partial charge on any atom is -0.379 e. The van der Waals surface area contributed by atoms with E-state index in [0.29, 0.717) is 22.3 Å². The molecule has 0 aliphatic carbocycles.